The third kappa shape index (κ3) is 6.50. The first-order chi connectivity index (χ1) is 24.1. The van der Waals surface area contributed by atoms with Crippen LogP contribution in [0.15, 0.2) is 77.9 Å². The number of imidazole rings is 2. The van der Waals surface area contributed by atoms with E-state index in [1.165, 1.54) is 7.11 Å². The molecule has 2 aromatic heterocycles. The number of methoxy groups -OCH3 is 1. The monoisotopic (exact) mass is 673 g/mol. The van der Waals surface area contributed by atoms with Crippen molar-refractivity contribution in [1.82, 2.24) is 24.4 Å². The Labute approximate surface area is 287 Å². The highest BCUT2D eigenvalue weighted by atomic mass is 16.5. The standard InChI is InChI=1S/C36H35N9O5/c1-20-13-24-17-38-27-16-30(29(49-3)15-25(27)36(48)45(24)18-20)50-12-4-5-32(46)42-31-19-44(2)34(43-31)35(47)39-23-9-6-21(7-10-23)33-40-26-11-8-22(37)14-28(26)41-33/h6-11,14-17,19,24H,1,4-5,12-13,18,37H2,2-3H3,(H,39,47)(H,40,41)(H,42,46)/t24-/m0/s1. The molecule has 14 nitrogen and oxygen atoms in total. The number of amides is 3. The van der Waals surface area contributed by atoms with Crippen molar-refractivity contribution >= 4 is 57.8 Å². The van der Waals surface area contributed by atoms with Gasteiger partial charge in [-0.05, 0) is 61.4 Å². The molecule has 50 heavy (non-hydrogen) atoms. The number of fused-ring (bicyclic) bond motifs is 3. The van der Waals surface area contributed by atoms with Crippen LogP contribution in [0, 0.1) is 0 Å². The van der Waals surface area contributed by atoms with Crippen LogP contribution < -0.4 is 25.8 Å². The molecule has 14 heteroatoms. The van der Waals surface area contributed by atoms with Crippen molar-refractivity contribution in [3.05, 3.63) is 84.3 Å². The van der Waals surface area contributed by atoms with Crippen LogP contribution in [0.4, 0.5) is 22.9 Å². The number of aromatic amines is 1. The minimum absolute atomic E-state index is 0.116. The fraction of sp³-hybridized carbons (Fsp3) is 0.222. The van der Waals surface area contributed by atoms with Gasteiger partial charge < -0.3 is 40.3 Å². The number of H-pyrrole nitrogens is 1. The number of aromatic nitrogens is 4. The van der Waals surface area contributed by atoms with Crippen LogP contribution in [-0.2, 0) is 11.8 Å². The zero-order chi connectivity index (χ0) is 34.9. The summed E-state index contributed by atoms with van der Waals surface area (Å²) in [5.41, 5.74) is 11.5. The minimum Gasteiger partial charge on any atom is -0.493 e. The first-order valence-electron chi connectivity index (χ1n) is 16.0. The van der Waals surface area contributed by atoms with Gasteiger partial charge in [-0.2, -0.15) is 0 Å². The maximum absolute atomic E-state index is 13.2. The highest BCUT2D eigenvalue weighted by molar-refractivity contribution is 6.04. The van der Waals surface area contributed by atoms with E-state index in [4.69, 9.17) is 15.2 Å². The van der Waals surface area contributed by atoms with E-state index in [0.717, 1.165) is 22.2 Å². The molecule has 7 rings (SSSR count). The van der Waals surface area contributed by atoms with Gasteiger partial charge in [-0.1, -0.05) is 12.2 Å². The number of aryl methyl sites for hydroxylation is 1. The molecule has 5 aromatic rings. The lowest BCUT2D eigenvalue weighted by Gasteiger charge is -2.20. The Morgan fingerprint density at radius 3 is 2.70 bits per heavy atom. The second-order valence-corrected chi connectivity index (χ2v) is 12.2. The largest absolute Gasteiger partial charge is 0.493 e. The van der Waals surface area contributed by atoms with Crippen molar-refractivity contribution in [3.8, 4) is 22.9 Å². The molecule has 4 heterocycles. The Bertz CT molecular complexity index is 2180. The molecule has 1 saturated heterocycles. The molecule has 254 valence electrons. The molecular weight excluding hydrogens is 638 g/mol. The van der Waals surface area contributed by atoms with Gasteiger partial charge in [0.2, 0.25) is 11.7 Å². The molecule has 0 saturated carbocycles. The second-order valence-electron chi connectivity index (χ2n) is 12.2. The zero-order valence-electron chi connectivity index (χ0n) is 27.5. The molecule has 0 aliphatic carbocycles. The SMILES string of the molecule is C=C1C[C@H]2C=Nc3cc(OCCCC(=O)Nc4cn(C)c(C(=O)Nc5ccc(-c6nc7ccc(N)cc7[nH]6)cc5)n4)c(OC)cc3C(=O)N2C1. The molecule has 1 atom stereocenters. The van der Waals surface area contributed by atoms with Gasteiger partial charge in [0.15, 0.2) is 17.3 Å². The van der Waals surface area contributed by atoms with Crippen LogP contribution in [0.25, 0.3) is 22.4 Å². The molecule has 0 radical (unpaired) electrons. The average molecular weight is 674 g/mol. The number of aliphatic imine (C=N–C) groups is 1. The summed E-state index contributed by atoms with van der Waals surface area (Å²) < 4.78 is 13.0. The Kier molecular flexibility index (Phi) is 8.50. The van der Waals surface area contributed by atoms with Gasteiger partial charge in [0, 0.05) is 55.4 Å². The van der Waals surface area contributed by atoms with Crippen LogP contribution >= 0.6 is 0 Å². The van der Waals surface area contributed by atoms with Gasteiger partial charge in [0.25, 0.3) is 11.8 Å². The predicted octanol–water partition coefficient (Wildman–Crippen LogP) is 5.09. The third-order valence-corrected chi connectivity index (χ3v) is 8.53. The topological polar surface area (TPSA) is 182 Å². The summed E-state index contributed by atoms with van der Waals surface area (Å²) in [5, 5.41) is 5.58. The van der Waals surface area contributed by atoms with E-state index in [2.05, 4.69) is 37.2 Å². The van der Waals surface area contributed by atoms with Crippen molar-refractivity contribution in [3.63, 3.8) is 0 Å². The van der Waals surface area contributed by atoms with Gasteiger partial charge in [-0.3, -0.25) is 19.4 Å². The maximum atomic E-state index is 13.2. The van der Waals surface area contributed by atoms with Gasteiger partial charge in [-0.25, -0.2) is 9.97 Å². The Balaban J connectivity index is 0.913. The van der Waals surface area contributed by atoms with Crippen molar-refractivity contribution in [2.75, 3.05) is 36.6 Å². The van der Waals surface area contributed by atoms with Gasteiger partial charge in [0.1, 0.15) is 5.82 Å². The van der Waals surface area contributed by atoms with E-state index in [0.29, 0.717) is 59.3 Å². The molecule has 0 spiro atoms. The van der Waals surface area contributed by atoms with Crippen LogP contribution in [0.3, 0.4) is 0 Å². The number of nitrogen functional groups attached to an aromatic ring is 1. The summed E-state index contributed by atoms with van der Waals surface area (Å²) in [6.45, 7) is 4.73. The Morgan fingerprint density at radius 2 is 1.90 bits per heavy atom. The zero-order valence-corrected chi connectivity index (χ0v) is 27.5. The smallest absolute Gasteiger partial charge is 0.291 e. The Hall–Kier alpha value is -6.44. The number of carbonyl (C=O) groups is 3. The van der Waals surface area contributed by atoms with E-state index in [1.807, 2.05) is 24.3 Å². The third-order valence-electron chi connectivity index (χ3n) is 8.53. The normalized spacial score (nSPS) is 15.1. The quantitative estimate of drug-likeness (QED) is 0.0898. The number of hydrogen-bond donors (Lipinski definition) is 4. The van der Waals surface area contributed by atoms with Crippen molar-refractivity contribution < 1.29 is 23.9 Å². The van der Waals surface area contributed by atoms with Crippen molar-refractivity contribution in [1.29, 1.82) is 0 Å². The van der Waals surface area contributed by atoms with Crippen LogP contribution in [-0.4, -0.2) is 74.7 Å². The number of nitrogens with zero attached hydrogens (tertiary/aromatic N) is 5. The number of ether oxygens (including phenoxy) is 2. The molecule has 3 aromatic carbocycles. The number of hydrogen-bond acceptors (Lipinski definition) is 9. The molecular formula is C36H35N9O5. The number of benzene rings is 3. The van der Waals surface area contributed by atoms with Crippen LogP contribution in [0.2, 0.25) is 0 Å². The van der Waals surface area contributed by atoms with Crippen LogP contribution in [0.1, 0.15) is 40.2 Å². The van der Waals surface area contributed by atoms with E-state index in [1.54, 1.807) is 59.3 Å². The van der Waals surface area contributed by atoms with Crippen LogP contribution in [0.5, 0.6) is 11.5 Å². The summed E-state index contributed by atoms with van der Waals surface area (Å²) in [5.74, 6) is 1.06. The lowest BCUT2D eigenvalue weighted by Crippen LogP contribution is -2.35. The molecule has 3 amide bonds. The lowest BCUT2D eigenvalue weighted by atomic mass is 10.1. The maximum Gasteiger partial charge on any atom is 0.291 e. The summed E-state index contributed by atoms with van der Waals surface area (Å²) in [7, 11) is 3.18. The molecule has 0 bridgehead atoms. The first-order valence-corrected chi connectivity index (χ1v) is 16.0. The molecule has 1 fully saturated rings. The molecule has 5 N–H and O–H groups in total. The summed E-state index contributed by atoms with van der Waals surface area (Å²) >= 11 is 0. The summed E-state index contributed by atoms with van der Waals surface area (Å²) in [6.07, 6.45) is 4.58. The second kappa shape index (κ2) is 13.2. The molecule has 2 aliphatic heterocycles. The van der Waals surface area contributed by atoms with Gasteiger partial charge in [-0.15, -0.1) is 0 Å². The number of anilines is 3. The minimum atomic E-state index is -0.431. The number of rotatable bonds is 10. The number of nitrogens with one attached hydrogen (secondary N) is 3. The Morgan fingerprint density at radius 1 is 1.08 bits per heavy atom. The van der Waals surface area contributed by atoms with Gasteiger partial charge >= 0.3 is 0 Å². The highest BCUT2D eigenvalue weighted by Gasteiger charge is 2.34. The molecule has 2 aliphatic rings. The first kappa shape index (κ1) is 32.1. The highest BCUT2D eigenvalue weighted by Crippen LogP contribution is 2.38. The molecule has 0 unspecified atom stereocenters. The fourth-order valence-electron chi connectivity index (χ4n) is 6.03. The van der Waals surface area contributed by atoms with Crippen molar-refractivity contribution in [2.45, 2.75) is 25.3 Å². The summed E-state index contributed by atoms with van der Waals surface area (Å²) in [6, 6.07) is 15.9. The van der Waals surface area contributed by atoms with Crippen molar-refractivity contribution in [2.24, 2.45) is 12.0 Å². The lowest BCUT2D eigenvalue weighted by molar-refractivity contribution is -0.116. The van der Waals surface area contributed by atoms with E-state index in [9.17, 15) is 14.4 Å². The van der Waals surface area contributed by atoms with E-state index < -0.39 is 5.91 Å². The number of carbonyl (C=O) groups excluding carboxylic acids is 3. The fourth-order valence-corrected chi connectivity index (χ4v) is 6.03. The predicted molar refractivity (Wildman–Crippen MR) is 190 cm³/mol. The van der Waals surface area contributed by atoms with E-state index in [-0.39, 0.29) is 42.5 Å². The number of nitrogens with two attached hydrogens (primary N) is 1. The van der Waals surface area contributed by atoms with E-state index >= 15 is 0 Å². The average Bonchev–Trinajstić information content (AvgIpc) is 3.79. The summed E-state index contributed by atoms with van der Waals surface area (Å²) in [4.78, 5) is 57.4. The van der Waals surface area contributed by atoms with Gasteiger partial charge in [0.05, 0.1) is 42.0 Å².